The third-order valence-electron chi connectivity index (χ3n) is 3.88. The van der Waals surface area contributed by atoms with Crippen molar-refractivity contribution in [3.8, 4) is 0 Å². The van der Waals surface area contributed by atoms with E-state index in [0.717, 1.165) is 11.1 Å². The number of hydrogen-bond donors (Lipinski definition) is 2. The smallest absolute Gasteiger partial charge is 0.239 e. The molecule has 0 bridgehead atoms. The Balaban J connectivity index is 2.07. The van der Waals surface area contributed by atoms with Gasteiger partial charge in [0.2, 0.25) is 11.8 Å². The summed E-state index contributed by atoms with van der Waals surface area (Å²) in [5, 5.41) is 5.32. The molecule has 5 nitrogen and oxygen atoms in total. The Morgan fingerprint density at radius 2 is 1.40 bits per heavy atom. The van der Waals surface area contributed by atoms with Crippen molar-refractivity contribution in [1.82, 2.24) is 15.5 Å². The number of amides is 2. The summed E-state index contributed by atoms with van der Waals surface area (Å²) in [7, 11) is 1.91. The highest BCUT2D eigenvalue weighted by Gasteiger charge is 2.21. The van der Waals surface area contributed by atoms with Gasteiger partial charge in [-0.2, -0.15) is 0 Å². The number of rotatable bonds is 8. The molecule has 0 aliphatic carbocycles. The van der Waals surface area contributed by atoms with Crippen LogP contribution in [-0.4, -0.2) is 43.4 Å². The highest BCUT2D eigenvalue weighted by Crippen LogP contribution is 2.27. The zero-order chi connectivity index (χ0) is 18.1. The fraction of sp³-hybridized carbons (Fsp3) is 0.300. The van der Waals surface area contributed by atoms with E-state index in [0.29, 0.717) is 6.54 Å². The summed E-state index contributed by atoms with van der Waals surface area (Å²) >= 11 is 0. The molecule has 0 fully saturated rings. The van der Waals surface area contributed by atoms with Crippen LogP contribution in [0.25, 0.3) is 0 Å². The fourth-order valence-corrected chi connectivity index (χ4v) is 2.78. The highest BCUT2D eigenvalue weighted by molar-refractivity contribution is 5.85. The zero-order valence-electron chi connectivity index (χ0n) is 14.7. The number of carbonyl (C=O) groups is 2. The summed E-state index contributed by atoms with van der Waals surface area (Å²) in [6.07, 6.45) is 0. The zero-order valence-corrected chi connectivity index (χ0v) is 14.7. The number of hydrogen-bond acceptors (Lipinski definition) is 3. The molecular formula is C20H25N3O2. The third kappa shape index (κ3) is 5.72. The van der Waals surface area contributed by atoms with Crippen molar-refractivity contribution in [3.63, 3.8) is 0 Å². The average Bonchev–Trinajstić information content (AvgIpc) is 2.62. The number of nitrogens with one attached hydrogen (secondary N) is 2. The molecule has 5 heteroatoms. The van der Waals surface area contributed by atoms with Gasteiger partial charge >= 0.3 is 0 Å². The van der Waals surface area contributed by atoms with Gasteiger partial charge in [-0.05, 0) is 25.1 Å². The van der Waals surface area contributed by atoms with Crippen molar-refractivity contribution in [2.45, 2.75) is 13.0 Å². The van der Waals surface area contributed by atoms with Crippen molar-refractivity contribution in [2.75, 3.05) is 26.7 Å². The van der Waals surface area contributed by atoms with E-state index in [1.165, 1.54) is 0 Å². The third-order valence-corrected chi connectivity index (χ3v) is 3.88. The lowest BCUT2D eigenvalue weighted by Gasteiger charge is -2.28. The number of carbonyl (C=O) groups excluding carboxylic acids is 2. The van der Waals surface area contributed by atoms with Crippen LogP contribution in [0, 0.1) is 0 Å². The van der Waals surface area contributed by atoms with Crippen LogP contribution >= 0.6 is 0 Å². The lowest BCUT2D eigenvalue weighted by atomic mass is 9.97. The predicted octanol–water partition coefficient (Wildman–Crippen LogP) is 1.96. The van der Waals surface area contributed by atoms with Crippen molar-refractivity contribution in [2.24, 2.45) is 0 Å². The Bertz CT molecular complexity index is 634. The van der Waals surface area contributed by atoms with Gasteiger partial charge in [-0.25, -0.2) is 0 Å². The SMILES string of the molecule is CCNC(=O)CNC(=O)CN(C)C(c1ccccc1)c1ccccc1. The van der Waals surface area contributed by atoms with Crippen LogP contribution in [-0.2, 0) is 9.59 Å². The molecule has 132 valence electrons. The van der Waals surface area contributed by atoms with E-state index in [4.69, 9.17) is 0 Å². The maximum Gasteiger partial charge on any atom is 0.239 e. The minimum absolute atomic E-state index is 0.00184. The van der Waals surface area contributed by atoms with Crippen molar-refractivity contribution >= 4 is 11.8 Å². The number of nitrogens with zero attached hydrogens (tertiary/aromatic N) is 1. The molecule has 2 rings (SSSR count). The summed E-state index contributed by atoms with van der Waals surface area (Å²) in [4.78, 5) is 25.7. The number of benzene rings is 2. The lowest BCUT2D eigenvalue weighted by molar-refractivity contribution is -0.126. The summed E-state index contributed by atoms with van der Waals surface area (Å²) in [6, 6.07) is 20.1. The monoisotopic (exact) mass is 339 g/mol. The average molecular weight is 339 g/mol. The first-order chi connectivity index (χ1) is 12.1. The molecule has 0 aromatic heterocycles. The van der Waals surface area contributed by atoms with Crippen molar-refractivity contribution in [3.05, 3.63) is 71.8 Å². The standard InChI is InChI=1S/C20H25N3O2/c1-3-21-18(24)14-22-19(25)15-23(2)20(16-10-6-4-7-11-16)17-12-8-5-9-13-17/h4-13,20H,3,14-15H2,1-2H3,(H,21,24)(H,22,25). The van der Waals surface area contributed by atoms with Crippen LogP contribution in [0.3, 0.4) is 0 Å². The number of likely N-dealkylation sites (N-methyl/N-ethyl adjacent to an activating group) is 2. The molecule has 0 aliphatic rings. The minimum atomic E-state index is -0.179. The van der Waals surface area contributed by atoms with Crippen LogP contribution in [0.1, 0.15) is 24.1 Å². The maximum atomic E-state index is 12.2. The second-order valence-electron chi connectivity index (χ2n) is 5.87. The fourth-order valence-electron chi connectivity index (χ4n) is 2.78. The van der Waals surface area contributed by atoms with Crippen LogP contribution < -0.4 is 10.6 Å². The lowest BCUT2D eigenvalue weighted by Crippen LogP contribution is -2.42. The molecule has 0 saturated heterocycles. The molecule has 2 N–H and O–H groups in total. The molecule has 0 heterocycles. The molecule has 0 saturated carbocycles. The molecule has 2 aromatic rings. The minimum Gasteiger partial charge on any atom is -0.355 e. The van der Waals surface area contributed by atoms with Gasteiger partial charge in [0.15, 0.2) is 0 Å². The van der Waals surface area contributed by atoms with E-state index in [1.54, 1.807) is 0 Å². The topological polar surface area (TPSA) is 61.4 Å². The summed E-state index contributed by atoms with van der Waals surface area (Å²) in [6.45, 7) is 2.60. The molecule has 0 aliphatic heterocycles. The van der Waals surface area contributed by atoms with Crippen molar-refractivity contribution in [1.29, 1.82) is 0 Å². The molecular weight excluding hydrogens is 314 g/mol. The van der Waals surface area contributed by atoms with Gasteiger partial charge in [0.25, 0.3) is 0 Å². The van der Waals surface area contributed by atoms with Gasteiger partial charge in [-0.15, -0.1) is 0 Å². The van der Waals surface area contributed by atoms with E-state index in [-0.39, 0.29) is 30.9 Å². The maximum absolute atomic E-state index is 12.2. The molecule has 0 unspecified atom stereocenters. The Hall–Kier alpha value is -2.66. The second kappa shape index (κ2) is 9.59. The predicted molar refractivity (Wildman–Crippen MR) is 99.1 cm³/mol. The Labute approximate surface area is 149 Å². The van der Waals surface area contributed by atoms with Crippen molar-refractivity contribution < 1.29 is 9.59 Å². The molecule has 0 spiro atoms. The van der Waals surface area contributed by atoms with E-state index in [2.05, 4.69) is 34.9 Å². The summed E-state index contributed by atoms with van der Waals surface area (Å²) in [5.74, 6) is -0.355. The van der Waals surface area contributed by atoms with E-state index in [1.807, 2.05) is 55.3 Å². The first-order valence-electron chi connectivity index (χ1n) is 8.45. The van der Waals surface area contributed by atoms with Crippen LogP contribution in [0.4, 0.5) is 0 Å². The summed E-state index contributed by atoms with van der Waals surface area (Å²) in [5.41, 5.74) is 2.24. The van der Waals surface area contributed by atoms with Gasteiger partial charge in [0, 0.05) is 6.54 Å². The van der Waals surface area contributed by atoms with Crippen LogP contribution in [0.5, 0.6) is 0 Å². The molecule has 25 heavy (non-hydrogen) atoms. The summed E-state index contributed by atoms with van der Waals surface area (Å²) < 4.78 is 0. The van der Waals surface area contributed by atoms with E-state index >= 15 is 0 Å². The van der Waals surface area contributed by atoms with Crippen LogP contribution in [0.15, 0.2) is 60.7 Å². The first-order valence-corrected chi connectivity index (χ1v) is 8.45. The second-order valence-corrected chi connectivity index (χ2v) is 5.87. The Kier molecular flexibility index (Phi) is 7.16. The molecule has 2 aromatic carbocycles. The highest BCUT2D eigenvalue weighted by atomic mass is 16.2. The molecule has 0 radical (unpaired) electrons. The van der Waals surface area contributed by atoms with Crippen LogP contribution in [0.2, 0.25) is 0 Å². The molecule has 0 atom stereocenters. The van der Waals surface area contributed by atoms with Gasteiger partial charge in [-0.3, -0.25) is 14.5 Å². The quantitative estimate of drug-likeness (QED) is 0.773. The van der Waals surface area contributed by atoms with E-state index in [9.17, 15) is 9.59 Å². The Morgan fingerprint density at radius 1 is 0.880 bits per heavy atom. The molecule has 2 amide bonds. The Morgan fingerprint density at radius 3 is 1.88 bits per heavy atom. The van der Waals surface area contributed by atoms with Gasteiger partial charge in [-0.1, -0.05) is 60.7 Å². The normalized spacial score (nSPS) is 10.7. The van der Waals surface area contributed by atoms with Gasteiger partial charge < -0.3 is 10.6 Å². The first kappa shape index (κ1) is 18.7. The largest absolute Gasteiger partial charge is 0.355 e. The van der Waals surface area contributed by atoms with Gasteiger partial charge in [0.1, 0.15) is 0 Å². The van der Waals surface area contributed by atoms with Gasteiger partial charge in [0.05, 0.1) is 19.1 Å². The van der Waals surface area contributed by atoms with E-state index < -0.39 is 0 Å².